The van der Waals surface area contributed by atoms with Gasteiger partial charge >= 0.3 is 5.97 Å². The summed E-state index contributed by atoms with van der Waals surface area (Å²) in [5.41, 5.74) is 0.766. The first-order chi connectivity index (χ1) is 8.60. The van der Waals surface area contributed by atoms with Gasteiger partial charge in [0.1, 0.15) is 11.9 Å². The Labute approximate surface area is 111 Å². The van der Waals surface area contributed by atoms with Crippen molar-refractivity contribution in [3.05, 3.63) is 11.3 Å². The van der Waals surface area contributed by atoms with Crippen LogP contribution in [0.4, 0.5) is 0 Å². The number of carbonyl (C=O) groups is 1. The van der Waals surface area contributed by atoms with Gasteiger partial charge in [-0.05, 0) is 38.5 Å². The molecule has 0 saturated carbocycles. The van der Waals surface area contributed by atoms with Gasteiger partial charge in [-0.2, -0.15) is 0 Å². The van der Waals surface area contributed by atoms with E-state index in [1.165, 1.54) is 0 Å². The quantitative estimate of drug-likeness (QED) is 0.676. The van der Waals surface area contributed by atoms with E-state index in [1.807, 2.05) is 6.92 Å². The van der Waals surface area contributed by atoms with Gasteiger partial charge < -0.3 is 9.47 Å². The predicted octanol–water partition coefficient (Wildman–Crippen LogP) is 3.83. The molecule has 18 heavy (non-hydrogen) atoms. The molecule has 0 amide bonds. The molecule has 1 atom stereocenters. The van der Waals surface area contributed by atoms with Crippen LogP contribution in [0.2, 0.25) is 0 Å². The Balaban J connectivity index is 2.81. The molecule has 0 aromatic heterocycles. The van der Waals surface area contributed by atoms with E-state index in [0.29, 0.717) is 12.5 Å². The number of hydrogen-bond acceptors (Lipinski definition) is 3. The van der Waals surface area contributed by atoms with Crippen LogP contribution in [-0.2, 0) is 14.3 Å². The molecule has 1 rings (SSSR count). The molecule has 104 valence electrons. The van der Waals surface area contributed by atoms with E-state index >= 15 is 0 Å². The molecule has 0 spiro atoms. The fourth-order valence-electron chi connectivity index (χ4n) is 2.32. The van der Waals surface area contributed by atoms with Crippen molar-refractivity contribution in [1.29, 1.82) is 0 Å². The maximum absolute atomic E-state index is 11.9. The number of allylic oxidation sites excluding steroid dienone is 1. The molecular weight excluding hydrogens is 228 g/mol. The number of esters is 1. The molecule has 0 N–H and O–H groups in total. The van der Waals surface area contributed by atoms with E-state index in [9.17, 15) is 4.79 Å². The fourth-order valence-corrected chi connectivity index (χ4v) is 2.32. The number of carbonyl (C=O) groups excluding carboxylic acids is 1. The zero-order valence-corrected chi connectivity index (χ0v) is 12.1. The number of ether oxygens (including phenoxy) is 2. The van der Waals surface area contributed by atoms with Crippen LogP contribution in [0.3, 0.4) is 0 Å². The summed E-state index contributed by atoms with van der Waals surface area (Å²) in [6.45, 7) is 8.70. The van der Waals surface area contributed by atoms with Crippen LogP contribution in [-0.4, -0.2) is 18.7 Å². The minimum absolute atomic E-state index is 0.189. The lowest BCUT2D eigenvalue weighted by molar-refractivity contribution is -0.139. The highest BCUT2D eigenvalue weighted by Crippen LogP contribution is 2.29. The highest BCUT2D eigenvalue weighted by molar-refractivity contribution is 5.89. The molecule has 0 heterocycles. The van der Waals surface area contributed by atoms with Crippen molar-refractivity contribution in [2.75, 3.05) is 6.61 Å². The van der Waals surface area contributed by atoms with Crippen LogP contribution < -0.4 is 0 Å². The van der Waals surface area contributed by atoms with Gasteiger partial charge in [-0.25, -0.2) is 4.79 Å². The highest BCUT2D eigenvalue weighted by Gasteiger charge is 2.24. The number of rotatable bonds is 6. The Morgan fingerprint density at radius 2 is 1.89 bits per heavy atom. The lowest BCUT2D eigenvalue weighted by Crippen LogP contribution is -2.22. The van der Waals surface area contributed by atoms with Gasteiger partial charge in [-0.15, -0.1) is 0 Å². The smallest absolute Gasteiger partial charge is 0.337 e. The lowest BCUT2D eigenvalue weighted by Gasteiger charge is -2.27. The van der Waals surface area contributed by atoms with Crippen LogP contribution in [0, 0.1) is 5.92 Å². The maximum atomic E-state index is 11.9. The monoisotopic (exact) mass is 254 g/mol. The van der Waals surface area contributed by atoms with Crippen LogP contribution in [0.25, 0.3) is 0 Å². The van der Waals surface area contributed by atoms with Crippen molar-refractivity contribution in [2.24, 2.45) is 5.92 Å². The molecule has 0 fully saturated rings. The fraction of sp³-hybridized carbons (Fsp3) is 0.800. The summed E-state index contributed by atoms with van der Waals surface area (Å²) in [6.07, 6.45) is 4.99. The minimum Gasteiger partial charge on any atom is -0.494 e. The van der Waals surface area contributed by atoms with Gasteiger partial charge in [0.25, 0.3) is 0 Å². The molecule has 1 unspecified atom stereocenters. The van der Waals surface area contributed by atoms with Crippen molar-refractivity contribution in [2.45, 2.75) is 65.9 Å². The average molecular weight is 254 g/mol. The van der Waals surface area contributed by atoms with E-state index in [4.69, 9.17) is 9.47 Å². The van der Waals surface area contributed by atoms with Crippen molar-refractivity contribution < 1.29 is 14.3 Å². The molecule has 0 aliphatic heterocycles. The third-order valence-electron chi connectivity index (χ3n) is 3.38. The van der Waals surface area contributed by atoms with Gasteiger partial charge in [0.15, 0.2) is 0 Å². The first kappa shape index (κ1) is 15.1. The van der Waals surface area contributed by atoms with Crippen molar-refractivity contribution in [3.63, 3.8) is 0 Å². The summed E-state index contributed by atoms with van der Waals surface area (Å²) in [5.74, 6) is 1.15. The van der Waals surface area contributed by atoms with Gasteiger partial charge in [-0.3, -0.25) is 0 Å². The standard InChI is InChI=1S/C15H26O3/c1-5-13(11(3)4)18-14-10-8-7-9-12(14)15(16)17-6-2/h11,13H,5-10H2,1-4H3. The summed E-state index contributed by atoms with van der Waals surface area (Å²) < 4.78 is 11.2. The zero-order chi connectivity index (χ0) is 13.5. The zero-order valence-electron chi connectivity index (χ0n) is 12.1. The van der Waals surface area contributed by atoms with E-state index in [0.717, 1.165) is 43.4 Å². The van der Waals surface area contributed by atoms with Crippen LogP contribution in [0.5, 0.6) is 0 Å². The molecule has 3 nitrogen and oxygen atoms in total. The third-order valence-corrected chi connectivity index (χ3v) is 3.38. The SMILES string of the molecule is CCOC(=O)C1=C(OC(CC)C(C)C)CCCC1. The number of hydrogen-bond donors (Lipinski definition) is 0. The van der Waals surface area contributed by atoms with Gasteiger partial charge in [-0.1, -0.05) is 20.8 Å². The Morgan fingerprint density at radius 3 is 2.44 bits per heavy atom. The van der Waals surface area contributed by atoms with Crippen molar-refractivity contribution in [3.8, 4) is 0 Å². The Morgan fingerprint density at radius 1 is 1.22 bits per heavy atom. The Hall–Kier alpha value is -0.990. The van der Waals surface area contributed by atoms with Crippen molar-refractivity contribution in [1.82, 2.24) is 0 Å². The second-order valence-corrected chi connectivity index (χ2v) is 5.14. The molecule has 1 aliphatic carbocycles. The second kappa shape index (κ2) is 7.45. The Bertz CT molecular complexity index is 305. The maximum Gasteiger partial charge on any atom is 0.337 e. The largest absolute Gasteiger partial charge is 0.494 e. The molecular formula is C15H26O3. The van der Waals surface area contributed by atoms with Crippen LogP contribution >= 0.6 is 0 Å². The first-order valence-electron chi connectivity index (χ1n) is 7.15. The Kier molecular flexibility index (Phi) is 6.23. The van der Waals surface area contributed by atoms with E-state index in [1.54, 1.807) is 0 Å². The molecule has 0 aromatic rings. The van der Waals surface area contributed by atoms with E-state index < -0.39 is 0 Å². The second-order valence-electron chi connectivity index (χ2n) is 5.14. The molecule has 3 heteroatoms. The molecule has 0 bridgehead atoms. The normalized spacial score (nSPS) is 17.8. The average Bonchev–Trinajstić information content (AvgIpc) is 2.36. The van der Waals surface area contributed by atoms with Gasteiger partial charge in [0, 0.05) is 6.42 Å². The summed E-state index contributed by atoms with van der Waals surface area (Å²) in [7, 11) is 0. The topological polar surface area (TPSA) is 35.5 Å². The van der Waals surface area contributed by atoms with Crippen LogP contribution in [0.15, 0.2) is 11.3 Å². The third kappa shape index (κ3) is 4.04. The molecule has 0 radical (unpaired) electrons. The first-order valence-corrected chi connectivity index (χ1v) is 7.15. The summed E-state index contributed by atoms with van der Waals surface area (Å²) in [6, 6.07) is 0. The van der Waals surface area contributed by atoms with E-state index in [-0.39, 0.29) is 12.1 Å². The summed E-state index contributed by atoms with van der Waals surface area (Å²) >= 11 is 0. The van der Waals surface area contributed by atoms with Crippen LogP contribution in [0.1, 0.15) is 59.8 Å². The molecule has 0 saturated heterocycles. The summed E-state index contributed by atoms with van der Waals surface area (Å²) in [4.78, 5) is 11.9. The molecule has 1 aliphatic rings. The molecule has 0 aromatic carbocycles. The lowest BCUT2D eigenvalue weighted by atomic mass is 9.97. The minimum atomic E-state index is -0.189. The summed E-state index contributed by atoms with van der Waals surface area (Å²) in [5, 5.41) is 0. The van der Waals surface area contributed by atoms with Crippen molar-refractivity contribution >= 4 is 5.97 Å². The highest BCUT2D eigenvalue weighted by atomic mass is 16.5. The van der Waals surface area contributed by atoms with Gasteiger partial charge in [0.2, 0.25) is 0 Å². The van der Waals surface area contributed by atoms with Gasteiger partial charge in [0.05, 0.1) is 12.2 Å². The van der Waals surface area contributed by atoms with E-state index in [2.05, 4.69) is 20.8 Å². The predicted molar refractivity (Wildman–Crippen MR) is 72.1 cm³/mol.